The molecule has 0 aliphatic rings. The first-order valence-corrected chi connectivity index (χ1v) is 8.58. The molecule has 0 aliphatic carbocycles. The molecule has 0 spiro atoms. The summed E-state index contributed by atoms with van der Waals surface area (Å²) in [5.74, 6) is -0.0903. The molecule has 9 heteroatoms. The Bertz CT molecular complexity index is 873. The van der Waals surface area contributed by atoms with Crippen molar-refractivity contribution in [2.45, 2.75) is 25.6 Å². The summed E-state index contributed by atoms with van der Waals surface area (Å²) in [6.45, 7) is -2.56. The maximum atomic E-state index is 13.0. The van der Waals surface area contributed by atoms with Crippen molar-refractivity contribution in [1.82, 2.24) is 25.1 Å². The molecular weight excluding hydrogens is 368 g/mol. The fraction of sp³-hybridized carbons (Fsp3) is 0.263. The van der Waals surface area contributed by atoms with Crippen molar-refractivity contribution in [3.8, 4) is 5.75 Å². The molecule has 0 saturated heterocycles. The number of hydrogen-bond donors (Lipinski definition) is 0. The van der Waals surface area contributed by atoms with E-state index in [2.05, 4.69) is 20.3 Å². The quantitative estimate of drug-likeness (QED) is 0.594. The van der Waals surface area contributed by atoms with Crippen molar-refractivity contribution >= 4 is 5.91 Å². The number of carbonyl (C=O) groups is 1. The number of ether oxygens (including phenoxy) is 1. The van der Waals surface area contributed by atoms with E-state index in [4.69, 9.17) is 0 Å². The van der Waals surface area contributed by atoms with E-state index in [1.54, 1.807) is 24.1 Å². The third-order valence-electron chi connectivity index (χ3n) is 4.19. The van der Waals surface area contributed by atoms with E-state index < -0.39 is 12.7 Å². The zero-order valence-corrected chi connectivity index (χ0v) is 15.2. The van der Waals surface area contributed by atoms with E-state index in [9.17, 15) is 13.6 Å². The molecule has 28 heavy (non-hydrogen) atoms. The van der Waals surface area contributed by atoms with E-state index in [-0.39, 0.29) is 11.7 Å². The van der Waals surface area contributed by atoms with E-state index in [0.717, 1.165) is 11.1 Å². The Morgan fingerprint density at radius 2 is 1.82 bits per heavy atom. The lowest BCUT2D eigenvalue weighted by Crippen LogP contribution is -2.35. The molecule has 2 aromatic carbocycles. The SMILES string of the molecule is CN(Cc1ccc(OC(F)F)cc1)C(=O)[C@@H](Cc1ccccc1)n1cnnn1. The number of hydrogen-bond acceptors (Lipinski definition) is 5. The van der Waals surface area contributed by atoms with Gasteiger partial charge in [0.05, 0.1) is 0 Å². The summed E-state index contributed by atoms with van der Waals surface area (Å²) in [7, 11) is 1.67. The van der Waals surface area contributed by atoms with Gasteiger partial charge in [-0.1, -0.05) is 42.5 Å². The molecule has 1 heterocycles. The van der Waals surface area contributed by atoms with Crippen LogP contribution in [0.15, 0.2) is 60.9 Å². The number of aromatic nitrogens is 4. The van der Waals surface area contributed by atoms with Gasteiger partial charge >= 0.3 is 6.61 Å². The second-order valence-corrected chi connectivity index (χ2v) is 6.21. The zero-order valence-electron chi connectivity index (χ0n) is 15.2. The summed E-state index contributed by atoms with van der Waals surface area (Å²) < 4.78 is 30.3. The van der Waals surface area contributed by atoms with Gasteiger partial charge in [0.15, 0.2) is 0 Å². The Hall–Kier alpha value is -3.36. The van der Waals surface area contributed by atoms with Crippen molar-refractivity contribution in [3.05, 3.63) is 72.1 Å². The molecule has 3 aromatic rings. The predicted molar refractivity (Wildman–Crippen MR) is 96.5 cm³/mol. The van der Waals surface area contributed by atoms with Gasteiger partial charge in [-0.15, -0.1) is 5.10 Å². The van der Waals surface area contributed by atoms with Gasteiger partial charge in [-0.2, -0.15) is 8.78 Å². The summed E-state index contributed by atoms with van der Waals surface area (Å²) in [6, 6.07) is 15.2. The molecule has 0 saturated carbocycles. The highest BCUT2D eigenvalue weighted by atomic mass is 19.3. The van der Waals surface area contributed by atoms with Crippen molar-refractivity contribution < 1.29 is 18.3 Å². The molecule has 0 N–H and O–H groups in total. The van der Waals surface area contributed by atoms with Gasteiger partial charge in [0.1, 0.15) is 18.1 Å². The minimum atomic E-state index is -2.87. The number of alkyl halides is 2. The number of rotatable bonds is 8. The predicted octanol–water partition coefficient (Wildman–Crippen LogP) is 2.72. The molecule has 0 bridgehead atoms. The first-order valence-electron chi connectivity index (χ1n) is 8.58. The highest BCUT2D eigenvalue weighted by Crippen LogP contribution is 2.19. The average Bonchev–Trinajstić information content (AvgIpc) is 3.22. The van der Waals surface area contributed by atoms with Crippen LogP contribution in [0.5, 0.6) is 5.75 Å². The normalized spacial score (nSPS) is 12.0. The molecule has 3 rings (SSSR count). The summed E-state index contributed by atoms with van der Waals surface area (Å²) in [4.78, 5) is 14.6. The molecule has 0 unspecified atom stereocenters. The van der Waals surface area contributed by atoms with Crippen LogP contribution in [0.25, 0.3) is 0 Å². The first kappa shape index (κ1) is 19.4. The smallest absolute Gasteiger partial charge is 0.387 e. The highest BCUT2D eigenvalue weighted by molar-refractivity contribution is 5.80. The Labute approximate surface area is 160 Å². The summed E-state index contributed by atoms with van der Waals surface area (Å²) in [5.41, 5.74) is 1.77. The number of benzene rings is 2. The van der Waals surface area contributed by atoms with Gasteiger partial charge in [-0.05, 0) is 33.7 Å². The summed E-state index contributed by atoms with van der Waals surface area (Å²) in [6.07, 6.45) is 1.85. The second kappa shape index (κ2) is 9.03. The summed E-state index contributed by atoms with van der Waals surface area (Å²) in [5, 5.41) is 11.1. The largest absolute Gasteiger partial charge is 0.435 e. The molecule has 7 nitrogen and oxygen atoms in total. The topological polar surface area (TPSA) is 73.1 Å². The van der Waals surface area contributed by atoms with E-state index in [1.807, 2.05) is 30.3 Å². The lowest BCUT2D eigenvalue weighted by molar-refractivity contribution is -0.134. The Balaban J connectivity index is 1.71. The van der Waals surface area contributed by atoms with Gasteiger partial charge in [-0.3, -0.25) is 4.79 Å². The van der Waals surface area contributed by atoms with Crippen molar-refractivity contribution in [3.63, 3.8) is 0 Å². The summed E-state index contributed by atoms with van der Waals surface area (Å²) >= 11 is 0. The Kier molecular flexibility index (Phi) is 6.25. The lowest BCUT2D eigenvalue weighted by Gasteiger charge is -2.24. The number of tetrazole rings is 1. The van der Waals surface area contributed by atoms with Gasteiger partial charge in [0.2, 0.25) is 5.91 Å². The molecule has 0 fully saturated rings. The van der Waals surface area contributed by atoms with Gasteiger partial charge in [0, 0.05) is 20.0 Å². The Morgan fingerprint density at radius 3 is 2.43 bits per heavy atom. The van der Waals surface area contributed by atoms with Crippen LogP contribution < -0.4 is 4.74 Å². The van der Waals surface area contributed by atoms with Crippen LogP contribution in [0.4, 0.5) is 8.78 Å². The van der Waals surface area contributed by atoms with Gasteiger partial charge < -0.3 is 9.64 Å². The minimum absolute atomic E-state index is 0.0726. The second-order valence-electron chi connectivity index (χ2n) is 6.21. The molecule has 0 radical (unpaired) electrons. The molecule has 1 aromatic heterocycles. The lowest BCUT2D eigenvalue weighted by atomic mass is 10.0. The van der Waals surface area contributed by atoms with Crippen LogP contribution in [-0.4, -0.2) is 44.7 Å². The highest BCUT2D eigenvalue weighted by Gasteiger charge is 2.25. The van der Waals surface area contributed by atoms with Crippen molar-refractivity contribution in [1.29, 1.82) is 0 Å². The fourth-order valence-electron chi connectivity index (χ4n) is 2.83. The van der Waals surface area contributed by atoms with Crippen LogP contribution in [0, 0.1) is 0 Å². The maximum absolute atomic E-state index is 13.0. The maximum Gasteiger partial charge on any atom is 0.387 e. The van der Waals surface area contributed by atoms with E-state index in [1.165, 1.54) is 23.1 Å². The monoisotopic (exact) mass is 387 g/mol. The number of carbonyl (C=O) groups excluding carboxylic acids is 1. The molecular formula is C19H19F2N5O2. The first-order chi connectivity index (χ1) is 13.5. The van der Waals surface area contributed by atoms with Crippen molar-refractivity contribution in [2.24, 2.45) is 0 Å². The standard InChI is InChI=1S/C19H19F2N5O2/c1-25(12-15-7-9-16(10-8-15)28-19(20)21)18(27)17(26-13-22-23-24-26)11-14-5-3-2-4-6-14/h2-10,13,17,19H,11-12H2,1H3/t17-/m1/s1. The number of nitrogens with zero attached hydrogens (tertiary/aromatic N) is 5. The third-order valence-corrected chi connectivity index (χ3v) is 4.19. The van der Waals surface area contributed by atoms with Gasteiger partial charge in [-0.25, -0.2) is 4.68 Å². The van der Waals surface area contributed by atoms with E-state index in [0.29, 0.717) is 13.0 Å². The number of halogens is 2. The van der Waals surface area contributed by atoms with Crippen LogP contribution in [0.2, 0.25) is 0 Å². The number of amides is 1. The molecule has 146 valence electrons. The average molecular weight is 387 g/mol. The minimum Gasteiger partial charge on any atom is -0.435 e. The van der Waals surface area contributed by atoms with Crippen LogP contribution in [-0.2, 0) is 17.8 Å². The third kappa shape index (κ3) is 5.09. The molecule has 1 amide bonds. The van der Waals surface area contributed by atoms with E-state index >= 15 is 0 Å². The zero-order chi connectivity index (χ0) is 19.9. The van der Waals surface area contributed by atoms with Crippen molar-refractivity contribution in [2.75, 3.05) is 7.05 Å². The molecule has 1 atom stereocenters. The number of likely N-dealkylation sites (N-methyl/N-ethyl adjacent to an activating group) is 1. The van der Waals surface area contributed by atoms with Crippen LogP contribution >= 0.6 is 0 Å². The molecule has 0 aliphatic heterocycles. The van der Waals surface area contributed by atoms with Crippen LogP contribution in [0.1, 0.15) is 17.2 Å². The fourth-order valence-corrected chi connectivity index (χ4v) is 2.83. The van der Waals surface area contributed by atoms with Crippen LogP contribution in [0.3, 0.4) is 0 Å². The Morgan fingerprint density at radius 1 is 1.11 bits per heavy atom. The van der Waals surface area contributed by atoms with Gasteiger partial charge in [0.25, 0.3) is 0 Å².